The second-order valence-corrected chi connectivity index (χ2v) is 4.83. The first kappa shape index (κ1) is 8.97. The van der Waals surface area contributed by atoms with Gasteiger partial charge in [-0.1, -0.05) is 15.9 Å². The molecule has 12 heavy (non-hydrogen) atoms. The van der Waals surface area contributed by atoms with Crippen LogP contribution in [0.1, 0.15) is 25.7 Å². The number of epoxide rings is 1. The van der Waals surface area contributed by atoms with Gasteiger partial charge in [0.05, 0.1) is 18.3 Å². The largest absolute Gasteiger partial charge is 0.380 e. The molecule has 0 aromatic rings. The van der Waals surface area contributed by atoms with Crippen molar-refractivity contribution in [2.75, 3.05) is 7.11 Å². The molecule has 2 aliphatic rings. The zero-order valence-electron chi connectivity index (χ0n) is 7.33. The van der Waals surface area contributed by atoms with Gasteiger partial charge in [0, 0.05) is 11.9 Å². The summed E-state index contributed by atoms with van der Waals surface area (Å²) < 4.78 is 10.9. The molecule has 0 N–H and O–H groups in total. The van der Waals surface area contributed by atoms with Crippen molar-refractivity contribution in [1.82, 2.24) is 0 Å². The van der Waals surface area contributed by atoms with Crippen molar-refractivity contribution in [3.05, 3.63) is 0 Å². The average molecular weight is 235 g/mol. The maximum atomic E-state index is 5.50. The summed E-state index contributed by atoms with van der Waals surface area (Å²) in [4.78, 5) is 0.521. The normalized spacial score (nSPS) is 47.5. The van der Waals surface area contributed by atoms with Crippen LogP contribution < -0.4 is 0 Å². The third-order valence-corrected chi connectivity index (χ3v) is 3.90. The van der Waals surface area contributed by atoms with Crippen LogP contribution in [0, 0.1) is 0 Å². The molecule has 2 fully saturated rings. The van der Waals surface area contributed by atoms with E-state index in [1.165, 1.54) is 19.3 Å². The van der Waals surface area contributed by atoms with E-state index in [9.17, 15) is 0 Å². The summed E-state index contributed by atoms with van der Waals surface area (Å²) in [5, 5.41) is 0. The van der Waals surface area contributed by atoms with Gasteiger partial charge in [0.1, 0.15) is 0 Å². The molecule has 4 atom stereocenters. The SMILES string of the molecule is CO[C@H]1CC[C@@H]2O[C@@H]2CC[C@@H]1Br. The van der Waals surface area contributed by atoms with E-state index in [0.717, 1.165) is 6.42 Å². The van der Waals surface area contributed by atoms with Crippen molar-refractivity contribution in [3.8, 4) is 0 Å². The monoisotopic (exact) mass is 234 g/mol. The minimum atomic E-state index is 0.384. The lowest BCUT2D eigenvalue weighted by molar-refractivity contribution is 0.0879. The fourth-order valence-corrected chi connectivity index (χ4v) is 2.72. The van der Waals surface area contributed by atoms with Crippen LogP contribution in [0.15, 0.2) is 0 Å². The Morgan fingerprint density at radius 1 is 1.17 bits per heavy atom. The molecule has 0 unspecified atom stereocenters. The van der Waals surface area contributed by atoms with Crippen molar-refractivity contribution in [3.63, 3.8) is 0 Å². The highest BCUT2D eigenvalue weighted by atomic mass is 79.9. The minimum absolute atomic E-state index is 0.384. The molecule has 1 aliphatic heterocycles. The quantitative estimate of drug-likeness (QED) is 0.512. The van der Waals surface area contributed by atoms with Crippen LogP contribution in [0.5, 0.6) is 0 Å². The van der Waals surface area contributed by atoms with Gasteiger partial charge in [-0.25, -0.2) is 0 Å². The smallest absolute Gasteiger partial charge is 0.0842 e. The second kappa shape index (κ2) is 3.64. The first-order valence-electron chi connectivity index (χ1n) is 4.63. The molecule has 2 rings (SSSR count). The molecule has 1 aliphatic carbocycles. The summed E-state index contributed by atoms with van der Waals surface area (Å²) in [6.45, 7) is 0. The van der Waals surface area contributed by atoms with Crippen molar-refractivity contribution < 1.29 is 9.47 Å². The van der Waals surface area contributed by atoms with Crippen molar-refractivity contribution in [2.24, 2.45) is 0 Å². The van der Waals surface area contributed by atoms with Crippen LogP contribution in [0.2, 0.25) is 0 Å². The molecule has 0 bridgehead atoms. The zero-order chi connectivity index (χ0) is 8.55. The molecule has 1 heterocycles. The average Bonchev–Trinajstić information content (AvgIpc) is 2.78. The number of methoxy groups -OCH3 is 1. The van der Waals surface area contributed by atoms with Gasteiger partial charge < -0.3 is 9.47 Å². The van der Waals surface area contributed by atoms with E-state index in [0.29, 0.717) is 23.1 Å². The number of rotatable bonds is 1. The van der Waals surface area contributed by atoms with Gasteiger partial charge in [0.2, 0.25) is 0 Å². The predicted octanol–water partition coefficient (Wildman–Crippen LogP) is 2.11. The van der Waals surface area contributed by atoms with Crippen LogP contribution in [0.4, 0.5) is 0 Å². The molecule has 0 spiro atoms. The first-order valence-corrected chi connectivity index (χ1v) is 5.55. The van der Waals surface area contributed by atoms with Crippen LogP contribution in [0.25, 0.3) is 0 Å². The molecule has 1 saturated carbocycles. The van der Waals surface area contributed by atoms with Crippen molar-refractivity contribution >= 4 is 15.9 Å². The summed E-state index contributed by atoms with van der Waals surface area (Å²) in [6.07, 6.45) is 6.19. The van der Waals surface area contributed by atoms with Gasteiger partial charge in [-0.05, 0) is 25.7 Å². The van der Waals surface area contributed by atoms with E-state index in [-0.39, 0.29) is 0 Å². The third-order valence-electron chi connectivity index (χ3n) is 2.86. The van der Waals surface area contributed by atoms with Gasteiger partial charge in [-0.2, -0.15) is 0 Å². The number of ether oxygens (including phenoxy) is 2. The number of alkyl halides is 1. The lowest BCUT2D eigenvalue weighted by Crippen LogP contribution is -2.25. The van der Waals surface area contributed by atoms with Crippen LogP contribution in [-0.4, -0.2) is 30.2 Å². The third kappa shape index (κ3) is 1.83. The standard InChI is InChI=1S/C9H15BrO2/c1-11-7-4-5-9-8(12-9)3-2-6(7)10/h6-9H,2-5H2,1H3/t6-,7-,8+,9-/m0/s1. The Morgan fingerprint density at radius 2 is 1.83 bits per heavy atom. The van der Waals surface area contributed by atoms with Gasteiger partial charge in [-0.15, -0.1) is 0 Å². The number of hydrogen-bond donors (Lipinski definition) is 0. The Bertz CT molecular complexity index is 163. The van der Waals surface area contributed by atoms with E-state index < -0.39 is 0 Å². The van der Waals surface area contributed by atoms with E-state index in [4.69, 9.17) is 9.47 Å². The predicted molar refractivity (Wildman–Crippen MR) is 50.6 cm³/mol. The molecule has 70 valence electrons. The van der Waals surface area contributed by atoms with Gasteiger partial charge in [0.15, 0.2) is 0 Å². The molecule has 1 saturated heterocycles. The number of hydrogen-bond acceptors (Lipinski definition) is 2. The fourth-order valence-electron chi connectivity index (χ4n) is 1.97. The van der Waals surface area contributed by atoms with E-state index >= 15 is 0 Å². The summed E-state index contributed by atoms with van der Waals surface area (Å²) in [5.74, 6) is 0. The van der Waals surface area contributed by atoms with Gasteiger partial charge in [0.25, 0.3) is 0 Å². The summed E-state index contributed by atoms with van der Waals surface area (Å²) in [6, 6.07) is 0. The lowest BCUT2D eigenvalue weighted by atomic mass is 9.98. The lowest BCUT2D eigenvalue weighted by Gasteiger charge is -2.22. The maximum Gasteiger partial charge on any atom is 0.0842 e. The van der Waals surface area contributed by atoms with Crippen LogP contribution in [0.3, 0.4) is 0 Å². The number of fused-ring (bicyclic) bond motifs is 1. The molecule has 2 nitrogen and oxygen atoms in total. The summed E-state index contributed by atoms with van der Waals surface area (Å²) in [5.41, 5.74) is 0. The number of halogens is 1. The molecule has 0 aromatic heterocycles. The molecular formula is C9H15BrO2. The van der Waals surface area contributed by atoms with Crippen LogP contribution in [-0.2, 0) is 9.47 Å². The highest BCUT2D eigenvalue weighted by molar-refractivity contribution is 9.09. The van der Waals surface area contributed by atoms with Crippen molar-refractivity contribution in [1.29, 1.82) is 0 Å². The molecule has 0 radical (unpaired) electrons. The second-order valence-electron chi connectivity index (χ2n) is 3.66. The summed E-state index contributed by atoms with van der Waals surface area (Å²) in [7, 11) is 1.80. The molecule has 3 heteroatoms. The van der Waals surface area contributed by atoms with Crippen LogP contribution >= 0.6 is 15.9 Å². The van der Waals surface area contributed by atoms with Crippen molar-refractivity contribution in [2.45, 2.75) is 48.8 Å². The van der Waals surface area contributed by atoms with Gasteiger partial charge in [-0.3, -0.25) is 0 Å². The minimum Gasteiger partial charge on any atom is -0.380 e. The van der Waals surface area contributed by atoms with E-state index in [1.54, 1.807) is 7.11 Å². The first-order chi connectivity index (χ1) is 5.81. The maximum absolute atomic E-state index is 5.50. The highest BCUT2D eigenvalue weighted by Gasteiger charge is 2.41. The topological polar surface area (TPSA) is 21.8 Å². The molecule has 0 aromatic carbocycles. The zero-order valence-corrected chi connectivity index (χ0v) is 8.92. The van der Waals surface area contributed by atoms with Gasteiger partial charge >= 0.3 is 0 Å². The fraction of sp³-hybridized carbons (Fsp3) is 1.00. The Morgan fingerprint density at radius 3 is 2.50 bits per heavy atom. The Kier molecular flexibility index (Phi) is 2.72. The highest BCUT2D eigenvalue weighted by Crippen LogP contribution is 2.36. The molecular weight excluding hydrogens is 220 g/mol. The molecule has 0 amide bonds. The summed E-state index contributed by atoms with van der Waals surface area (Å²) >= 11 is 3.67. The Balaban J connectivity index is 1.89. The van der Waals surface area contributed by atoms with E-state index in [1.807, 2.05) is 0 Å². The van der Waals surface area contributed by atoms with E-state index in [2.05, 4.69) is 15.9 Å². The Labute approximate surface area is 81.7 Å². The Hall–Kier alpha value is 0.400.